The molecule has 1 aromatic carbocycles. The maximum atomic E-state index is 5.38. The Bertz CT molecular complexity index is 315. The van der Waals surface area contributed by atoms with E-state index in [0.717, 1.165) is 12.8 Å². The first-order chi connectivity index (χ1) is 6.40. The maximum Gasteiger partial charge on any atom is 0.0646 e. The predicted molar refractivity (Wildman–Crippen MR) is 54.6 cm³/mol. The molecule has 0 fully saturated rings. The van der Waals surface area contributed by atoms with Crippen molar-refractivity contribution in [3.8, 4) is 0 Å². The van der Waals surface area contributed by atoms with Gasteiger partial charge in [-0.15, -0.1) is 0 Å². The minimum atomic E-state index is 0.347. The Labute approximate surface area is 79.0 Å². The number of rotatable bonds is 1. The molecule has 1 aromatic rings. The quantitative estimate of drug-likeness (QED) is 0.636. The van der Waals surface area contributed by atoms with Gasteiger partial charge in [-0.25, -0.2) is 0 Å². The number of fused-ring (bicyclic) bond motifs is 1. The zero-order valence-electron chi connectivity index (χ0n) is 7.86. The van der Waals surface area contributed by atoms with Crippen LogP contribution < -0.4 is 0 Å². The lowest BCUT2D eigenvalue weighted by atomic mass is 10.0. The van der Waals surface area contributed by atoms with Crippen molar-refractivity contribution >= 4 is 6.08 Å². The molecule has 0 bridgehead atoms. The van der Waals surface area contributed by atoms with Gasteiger partial charge in [0, 0.05) is 7.11 Å². The molecule has 0 amide bonds. The molecule has 0 N–H and O–H groups in total. The topological polar surface area (TPSA) is 9.23 Å². The van der Waals surface area contributed by atoms with Crippen LogP contribution in [-0.2, 0) is 11.2 Å². The maximum absolute atomic E-state index is 5.38. The molecule has 13 heavy (non-hydrogen) atoms. The molecule has 0 aromatic heterocycles. The molecule has 0 heterocycles. The summed E-state index contributed by atoms with van der Waals surface area (Å²) in [4.78, 5) is 0. The van der Waals surface area contributed by atoms with E-state index >= 15 is 0 Å². The van der Waals surface area contributed by atoms with E-state index in [4.69, 9.17) is 4.74 Å². The summed E-state index contributed by atoms with van der Waals surface area (Å²) >= 11 is 0. The average molecular weight is 174 g/mol. The van der Waals surface area contributed by atoms with Crippen molar-refractivity contribution in [3.63, 3.8) is 0 Å². The third-order valence-electron chi connectivity index (χ3n) is 2.53. The average Bonchev–Trinajstić information content (AvgIpc) is 2.38. The number of ether oxygens (including phenoxy) is 1. The van der Waals surface area contributed by atoms with Crippen LogP contribution in [0.4, 0.5) is 0 Å². The Morgan fingerprint density at radius 3 is 3.00 bits per heavy atom. The lowest BCUT2D eigenvalue weighted by Gasteiger charge is -2.11. The molecule has 1 atom stereocenters. The largest absolute Gasteiger partial charge is 0.381 e. The van der Waals surface area contributed by atoms with E-state index in [-0.39, 0.29) is 0 Å². The van der Waals surface area contributed by atoms with Gasteiger partial charge in [-0.05, 0) is 24.0 Å². The minimum absolute atomic E-state index is 0.347. The van der Waals surface area contributed by atoms with Crippen LogP contribution in [-0.4, -0.2) is 13.2 Å². The van der Waals surface area contributed by atoms with Gasteiger partial charge in [0.2, 0.25) is 0 Å². The highest BCUT2D eigenvalue weighted by molar-refractivity contribution is 5.54. The van der Waals surface area contributed by atoms with Crippen molar-refractivity contribution in [2.75, 3.05) is 7.11 Å². The first kappa shape index (κ1) is 8.52. The molecule has 1 aliphatic rings. The summed E-state index contributed by atoms with van der Waals surface area (Å²) in [5.74, 6) is 0. The standard InChI is InChI=1S/C12H14O/c1-13-12-8-4-7-10-5-2-3-6-11(10)9-12/h2-7,12H,8-9H2,1H3. The highest BCUT2D eigenvalue weighted by Crippen LogP contribution is 2.19. The number of methoxy groups -OCH3 is 1. The van der Waals surface area contributed by atoms with E-state index < -0.39 is 0 Å². The summed E-state index contributed by atoms with van der Waals surface area (Å²) in [5.41, 5.74) is 2.73. The van der Waals surface area contributed by atoms with Gasteiger partial charge < -0.3 is 4.74 Å². The highest BCUT2D eigenvalue weighted by atomic mass is 16.5. The first-order valence-electron chi connectivity index (χ1n) is 4.67. The molecular formula is C12H14O. The van der Waals surface area contributed by atoms with Crippen molar-refractivity contribution in [3.05, 3.63) is 41.5 Å². The van der Waals surface area contributed by atoms with Crippen LogP contribution in [0.3, 0.4) is 0 Å². The molecule has 0 aliphatic heterocycles. The van der Waals surface area contributed by atoms with Crippen LogP contribution in [0.25, 0.3) is 6.08 Å². The van der Waals surface area contributed by atoms with Gasteiger partial charge in [-0.3, -0.25) is 0 Å². The summed E-state index contributed by atoms with van der Waals surface area (Å²) in [6, 6.07) is 8.50. The van der Waals surface area contributed by atoms with E-state index in [1.54, 1.807) is 7.11 Å². The molecule has 68 valence electrons. The second kappa shape index (κ2) is 3.75. The minimum Gasteiger partial charge on any atom is -0.381 e. The molecule has 0 saturated carbocycles. The smallest absolute Gasteiger partial charge is 0.0646 e. The summed E-state index contributed by atoms with van der Waals surface area (Å²) in [5, 5.41) is 0. The Morgan fingerprint density at radius 2 is 2.15 bits per heavy atom. The number of hydrogen-bond donors (Lipinski definition) is 0. The fourth-order valence-corrected chi connectivity index (χ4v) is 1.74. The molecule has 1 unspecified atom stereocenters. The second-order valence-corrected chi connectivity index (χ2v) is 3.40. The van der Waals surface area contributed by atoms with Crippen LogP contribution in [0.1, 0.15) is 17.5 Å². The second-order valence-electron chi connectivity index (χ2n) is 3.40. The van der Waals surface area contributed by atoms with Gasteiger partial charge >= 0.3 is 0 Å². The van der Waals surface area contributed by atoms with E-state index in [0.29, 0.717) is 6.10 Å². The van der Waals surface area contributed by atoms with Crippen LogP contribution in [0.5, 0.6) is 0 Å². The van der Waals surface area contributed by atoms with Gasteiger partial charge in [0.05, 0.1) is 6.10 Å². The van der Waals surface area contributed by atoms with E-state index in [2.05, 4.69) is 36.4 Å². The van der Waals surface area contributed by atoms with Gasteiger partial charge in [-0.1, -0.05) is 36.4 Å². The fraction of sp³-hybridized carbons (Fsp3) is 0.333. The van der Waals surface area contributed by atoms with Gasteiger partial charge in [-0.2, -0.15) is 0 Å². The number of benzene rings is 1. The molecular weight excluding hydrogens is 160 g/mol. The summed E-state index contributed by atoms with van der Waals surface area (Å²) in [6.07, 6.45) is 6.78. The van der Waals surface area contributed by atoms with E-state index in [9.17, 15) is 0 Å². The lowest BCUT2D eigenvalue weighted by Crippen LogP contribution is -2.12. The monoisotopic (exact) mass is 174 g/mol. The zero-order valence-corrected chi connectivity index (χ0v) is 7.86. The van der Waals surface area contributed by atoms with Crippen molar-refractivity contribution in [2.24, 2.45) is 0 Å². The van der Waals surface area contributed by atoms with Gasteiger partial charge in [0.25, 0.3) is 0 Å². The molecule has 1 heteroatoms. The Hall–Kier alpha value is -1.08. The van der Waals surface area contributed by atoms with Crippen LogP contribution in [0, 0.1) is 0 Å². The Morgan fingerprint density at radius 1 is 1.31 bits per heavy atom. The lowest BCUT2D eigenvalue weighted by molar-refractivity contribution is 0.106. The fourth-order valence-electron chi connectivity index (χ4n) is 1.74. The SMILES string of the molecule is COC1CC=Cc2ccccc2C1. The third kappa shape index (κ3) is 1.81. The van der Waals surface area contributed by atoms with Crippen LogP contribution in [0.15, 0.2) is 30.3 Å². The molecule has 0 radical (unpaired) electrons. The molecule has 2 rings (SSSR count). The van der Waals surface area contributed by atoms with Crippen molar-refractivity contribution < 1.29 is 4.74 Å². The van der Waals surface area contributed by atoms with Gasteiger partial charge in [0.1, 0.15) is 0 Å². The van der Waals surface area contributed by atoms with Crippen molar-refractivity contribution in [2.45, 2.75) is 18.9 Å². The van der Waals surface area contributed by atoms with E-state index in [1.807, 2.05) is 0 Å². The zero-order chi connectivity index (χ0) is 9.10. The predicted octanol–water partition coefficient (Wildman–Crippen LogP) is 2.66. The van der Waals surface area contributed by atoms with Crippen molar-refractivity contribution in [1.82, 2.24) is 0 Å². The van der Waals surface area contributed by atoms with Crippen LogP contribution in [0.2, 0.25) is 0 Å². The molecule has 0 spiro atoms. The summed E-state index contributed by atoms with van der Waals surface area (Å²) in [6.45, 7) is 0. The normalized spacial score (nSPS) is 20.8. The van der Waals surface area contributed by atoms with Crippen molar-refractivity contribution in [1.29, 1.82) is 0 Å². The molecule has 1 aliphatic carbocycles. The Kier molecular flexibility index (Phi) is 2.46. The summed E-state index contributed by atoms with van der Waals surface area (Å²) < 4.78 is 5.38. The van der Waals surface area contributed by atoms with Gasteiger partial charge in [0.15, 0.2) is 0 Å². The highest BCUT2D eigenvalue weighted by Gasteiger charge is 2.11. The van der Waals surface area contributed by atoms with Crippen LogP contribution >= 0.6 is 0 Å². The molecule has 1 nitrogen and oxygen atoms in total. The first-order valence-corrected chi connectivity index (χ1v) is 4.67. The third-order valence-corrected chi connectivity index (χ3v) is 2.53. The molecule has 0 saturated heterocycles. The number of hydrogen-bond acceptors (Lipinski definition) is 1. The summed E-state index contributed by atoms with van der Waals surface area (Å²) in [7, 11) is 1.78. The van der Waals surface area contributed by atoms with E-state index in [1.165, 1.54) is 11.1 Å². The Balaban J connectivity index is 2.32.